The van der Waals surface area contributed by atoms with Crippen molar-refractivity contribution in [3.8, 4) is 0 Å². The molecule has 0 saturated carbocycles. The van der Waals surface area contributed by atoms with Crippen LogP contribution in [0.5, 0.6) is 0 Å². The first-order valence-electron chi connectivity index (χ1n) is 5.72. The molecular weight excluding hydrogens is 283 g/mol. The Kier molecular flexibility index (Phi) is 4.77. The Hall–Kier alpha value is -1.58. The third-order valence-corrected chi connectivity index (χ3v) is 3.12. The number of nitrogens with zero attached hydrogens (tertiary/aromatic N) is 1. The molecule has 0 bridgehead atoms. The lowest BCUT2D eigenvalue weighted by Crippen LogP contribution is -2.23. The molecule has 98 valence electrons. The van der Waals surface area contributed by atoms with Crippen LogP contribution in [0.4, 0.5) is 0 Å². The minimum atomic E-state index is -0.224. The molecule has 3 nitrogen and oxygen atoms in total. The van der Waals surface area contributed by atoms with Crippen LogP contribution in [0.25, 0.3) is 0 Å². The van der Waals surface area contributed by atoms with Crippen molar-refractivity contribution in [2.45, 2.75) is 12.4 Å². The summed E-state index contributed by atoms with van der Waals surface area (Å²) >= 11 is 11.4. The third kappa shape index (κ3) is 3.94. The number of hydrogen-bond donors (Lipinski definition) is 1. The second-order valence-corrected chi connectivity index (χ2v) is 4.70. The average molecular weight is 295 g/mol. The van der Waals surface area contributed by atoms with E-state index in [2.05, 4.69) is 10.3 Å². The molecule has 1 amide bonds. The van der Waals surface area contributed by atoms with Gasteiger partial charge >= 0.3 is 0 Å². The highest BCUT2D eigenvalue weighted by molar-refractivity contribution is 6.30. The van der Waals surface area contributed by atoms with Gasteiger partial charge in [-0.15, -0.1) is 11.6 Å². The van der Waals surface area contributed by atoms with E-state index in [0.29, 0.717) is 23.1 Å². The lowest BCUT2D eigenvalue weighted by atomic mass is 10.1. The summed E-state index contributed by atoms with van der Waals surface area (Å²) in [5, 5.41) is 3.30. The molecule has 0 fully saturated rings. The molecule has 0 radical (unpaired) electrons. The molecule has 0 spiro atoms. The quantitative estimate of drug-likeness (QED) is 0.878. The Balaban J connectivity index is 1.94. The van der Waals surface area contributed by atoms with Crippen LogP contribution >= 0.6 is 23.2 Å². The molecular formula is C14H12Cl2N2O. The number of benzene rings is 1. The van der Waals surface area contributed by atoms with Crippen molar-refractivity contribution >= 4 is 29.1 Å². The maximum atomic E-state index is 11.8. The molecule has 2 rings (SSSR count). The largest absolute Gasteiger partial charge is 0.347 e. The summed E-state index contributed by atoms with van der Waals surface area (Å²) in [6.45, 7) is 0.450. The first kappa shape index (κ1) is 13.8. The van der Waals surface area contributed by atoms with Gasteiger partial charge in [-0.05, 0) is 23.3 Å². The summed E-state index contributed by atoms with van der Waals surface area (Å²) < 4.78 is 0. The molecule has 0 saturated heterocycles. The van der Waals surface area contributed by atoms with Crippen LogP contribution in [-0.4, -0.2) is 10.9 Å². The number of nitrogens with one attached hydrogen (secondary N) is 1. The number of hydrogen-bond acceptors (Lipinski definition) is 2. The zero-order valence-electron chi connectivity index (χ0n) is 10.1. The maximum Gasteiger partial charge on any atom is 0.270 e. The summed E-state index contributed by atoms with van der Waals surface area (Å²) in [5.41, 5.74) is 2.41. The van der Waals surface area contributed by atoms with E-state index >= 15 is 0 Å². The number of carbonyl (C=O) groups is 1. The summed E-state index contributed by atoms with van der Waals surface area (Å²) in [4.78, 5) is 15.8. The molecule has 5 heteroatoms. The van der Waals surface area contributed by atoms with E-state index in [4.69, 9.17) is 23.2 Å². The smallest absolute Gasteiger partial charge is 0.270 e. The number of pyridine rings is 1. The minimum absolute atomic E-state index is 0.224. The third-order valence-electron chi connectivity index (χ3n) is 2.59. The molecule has 1 aromatic carbocycles. The summed E-state index contributed by atoms with van der Waals surface area (Å²) in [5.74, 6) is 0.263. The van der Waals surface area contributed by atoms with E-state index < -0.39 is 0 Å². The number of alkyl halides is 1. The van der Waals surface area contributed by atoms with Gasteiger partial charge < -0.3 is 5.32 Å². The van der Waals surface area contributed by atoms with Gasteiger partial charge in [0.1, 0.15) is 5.69 Å². The summed E-state index contributed by atoms with van der Waals surface area (Å²) in [7, 11) is 0. The molecule has 19 heavy (non-hydrogen) atoms. The Bertz CT molecular complexity index is 553. The number of amides is 1. The van der Waals surface area contributed by atoms with Crippen LogP contribution in [0.2, 0.25) is 5.02 Å². The molecule has 1 aromatic heterocycles. The first-order valence-corrected chi connectivity index (χ1v) is 6.64. The van der Waals surface area contributed by atoms with E-state index in [-0.39, 0.29) is 5.91 Å². The molecule has 1 N–H and O–H groups in total. The lowest BCUT2D eigenvalue weighted by molar-refractivity contribution is 0.0946. The van der Waals surface area contributed by atoms with Crippen LogP contribution in [0.1, 0.15) is 21.6 Å². The highest BCUT2D eigenvalue weighted by atomic mass is 35.5. The average Bonchev–Trinajstić information content (AvgIpc) is 2.46. The highest BCUT2D eigenvalue weighted by Gasteiger charge is 2.06. The topological polar surface area (TPSA) is 42.0 Å². The van der Waals surface area contributed by atoms with Gasteiger partial charge in [0.2, 0.25) is 0 Å². The van der Waals surface area contributed by atoms with Crippen molar-refractivity contribution in [3.05, 3.63) is 64.4 Å². The van der Waals surface area contributed by atoms with Gasteiger partial charge in [-0.2, -0.15) is 0 Å². The lowest BCUT2D eigenvalue weighted by Gasteiger charge is -2.05. The normalized spacial score (nSPS) is 10.2. The molecule has 2 aromatic rings. The maximum absolute atomic E-state index is 11.8. The molecule has 0 unspecified atom stereocenters. The molecule has 0 aliphatic carbocycles. The van der Waals surface area contributed by atoms with Gasteiger partial charge in [0.15, 0.2) is 0 Å². The standard InChI is InChI=1S/C14H12Cl2N2O/c15-7-10-1-3-11(4-2-10)8-18-14(19)13-6-5-12(16)9-17-13/h1-6,9H,7-8H2,(H,18,19). The van der Waals surface area contributed by atoms with Crippen LogP contribution < -0.4 is 5.32 Å². The summed E-state index contributed by atoms with van der Waals surface area (Å²) in [6.07, 6.45) is 1.45. The van der Waals surface area contributed by atoms with Crippen molar-refractivity contribution in [1.82, 2.24) is 10.3 Å². The fourth-order valence-electron chi connectivity index (χ4n) is 1.53. The van der Waals surface area contributed by atoms with Gasteiger partial charge in [0, 0.05) is 18.6 Å². The van der Waals surface area contributed by atoms with Crippen molar-refractivity contribution in [2.24, 2.45) is 0 Å². The van der Waals surface area contributed by atoms with E-state index in [1.807, 2.05) is 24.3 Å². The molecule has 0 atom stereocenters. The zero-order valence-corrected chi connectivity index (χ0v) is 11.6. The number of rotatable bonds is 4. The first-order chi connectivity index (χ1) is 9.19. The number of carbonyl (C=O) groups excluding carboxylic acids is 1. The van der Waals surface area contributed by atoms with Crippen molar-refractivity contribution in [3.63, 3.8) is 0 Å². The predicted molar refractivity (Wildman–Crippen MR) is 76.4 cm³/mol. The van der Waals surface area contributed by atoms with Gasteiger partial charge in [0.25, 0.3) is 5.91 Å². The van der Waals surface area contributed by atoms with E-state index in [1.54, 1.807) is 12.1 Å². The van der Waals surface area contributed by atoms with Crippen LogP contribution in [-0.2, 0) is 12.4 Å². The van der Waals surface area contributed by atoms with Crippen LogP contribution in [0.3, 0.4) is 0 Å². The zero-order chi connectivity index (χ0) is 13.7. The highest BCUT2D eigenvalue weighted by Crippen LogP contribution is 2.08. The van der Waals surface area contributed by atoms with E-state index in [9.17, 15) is 4.79 Å². The van der Waals surface area contributed by atoms with Crippen molar-refractivity contribution in [1.29, 1.82) is 0 Å². The summed E-state index contributed by atoms with van der Waals surface area (Å²) in [6, 6.07) is 11.0. The Morgan fingerprint density at radius 3 is 2.37 bits per heavy atom. The predicted octanol–water partition coefficient (Wildman–Crippen LogP) is 3.40. The number of halogens is 2. The fourth-order valence-corrected chi connectivity index (χ4v) is 1.82. The Morgan fingerprint density at radius 1 is 1.11 bits per heavy atom. The SMILES string of the molecule is O=C(NCc1ccc(CCl)cc1)c1ccc(Cl)cn1. The Morgan fingerprint density at radius 2 is 1.79 bits per heavy atom. The minimum Gasteiger partial charge on any atom is -0.347 e. The van der Waals surface area contributed by atoms with Crippen LogP contribution in [0.15, 0.2) is 42.6 Å². The fraction of sp³-hybridized carbons (Fsp3) is 0.143. The van der Waals surface area contributed by atoms with E-state index in [0.717, 1.165) is 11.1 Å². The van der Waals surface area contributed by atoms with Gasteiger partial charge in [-0.3, -0.25) is 4.79 Å². The van der Waals surface area contributed by atoms with Gasteiger partial charge in [-0.1, -0.05) is 35.9 Å². The monoisotopic (exact) mass is 294 g/mol. The second-order valence-electron chi connectivity index (χ2n) is 3.99. The van der Waals surface area contributed by atoms with Crippen molar-refractivity contribution < 1.29 is 4.79 Å². The molecule has 0 aliphatic rings. The van der Waals surface area contributed by atoms with E-state index in [1.165, 1.54) is 6.20 Å². The van der Waals surface area contributed by atoms with Crippen LogP contribution in [0, 0.1) is 0 Å². The molecule has 0 aliphatic heterocycles. The second kappa shape index (κ2) is 6.55. The number of aromatic nitrogens is 1. The van der Waals surface area contributed by atoms with Gasteiger partial charge in [-0.25, -0.2) is 4.98 Å². The Labute approximate surface area is 121 Å². The van der Waals surface area contributed by atoms with Crippen molar-refractivity contribution in [2.75, 3.05) is 0 Å². The molecule has 1 heterocycles. The van der Waals surface area contributed by atoms with Gasteiger partial charge in [0.05, 0.1) is 5.02 Å².